The van der Waals surface area contributed by atoms with Crippen LogP contribution in [0.25, 0.3) is 0 Å². The highest BCUT2D eigenvalue weighted by atomic mass is 16.8. The van der Waals surface area contributed by atoms with Gasteiger partial charge in [-0.2, -0.15) is 4.73 Å². The van der Waals surface area contributed by atoms with Crippen LogP contribution in [0.1, 0.15) is 5.56 Å². The highest BCUT2D eigenvalue weighted by molar-refractivity contribution is 5.60. The molecule has 0 saturated carbocycles. The molecule has 5 nitrogen and oxygen atoms in total. The molecule has 0 saturated heterocycles. The Morgan fingerprint density at radius 2 is 2.12 bits per heavy atom. The largest absolute Gasteiger partial charge is 0.534 e. The van der Waals surface area contributed by atoms with Crippen LogP contribution >= 0.6 is 0 Å². The van der Waals surface area contributed by atoms with Crippen LogP contribution in [0.15, 0.2) is 49.1 Å². The molecule has 0 aliphatic heterocycles. The smallest absolute Gasteiger partial charge is 0.428 e. The van der Waals surface area contributed by atoms with Gasteiger partial charge in [-0.05, 0) is 5.56 Å². The van der Waals surface area contributed by atoms with E-state index in [9.17, 15) is 4.79 Å². The summed E-state index contributed by atoms with van der Waals surface area (Å²) in [5, 5.41) is 0. The molecule has 1 aromatic carbocycles. The summed E-state index contributed by atoms with van der Waals surface area (Å²) in [6, 6.07) is 9.38. The Balaban J connectivity index is 1.80. The number of aromatic nitrogens is 2. The van der Waals surface area contributed by atoms with Crippen molar-refractivity contribution in [3.8, 4) is 0 Å². The number of imidazole rings is 1. The van der Waals surface area contributed by atoms with Gasteiger partial charge in [-0.15, -0.1) is 0 Å². The predicted molar refractivity (Wildman–Crippen MR) is 55.4 cm³/mol. The van der Waals surface area contributed by atoms with Gasteiger partial charge >= 0.3 is 6.16 Å². The minimum Gasteiger partial charge on any atom is -0.428 e. The van der Waals surface area contributed by atoms with Crippen molar-refractivity contribution in [1.82, 2.24) is 9.71 Å². The first-order chi connectivity index (χ1) is 7.84. The summed E-state index contributed by atoms with van der Waals surface area (Å²) in [6.07, 6.45) is 3.61. The number of hydrogen-bond donors (Lipinski definition) is 0. The van der Waals surface area contributed by atoms with Crippen molar-refractivity contribution in [2.75, 3.05) is 0 Å². The Hall–Kier alpha value is -2.30. The van der Waals surface area contributed by atoms with Crippen LogP contribution in [0.4, 0.5) is 4.79 Å². The van der Waals surface area contributed by atoms with E-state index in [1.165, 1.54) is 23.5 Å². The van der Waals surface area contributed by atoms with Crippen LogP contribution in [-0.2, 0) is 11.3 Å². The Morgan fingerprint density at radius 1 is 1.31 bits per heavy atom. The van der Waals surface area contributed by atoms with Crippen molar-refractivity contribution in [2.24, 2.45) is 0 Å². The van der Waals surface area contributed by atoms with Crippen molar-refractivity contribution in [1.29, 1.82) is 0 Å². The molecule has 0 unspecified atom stereocenters. The predicted octanol–water partition coefficient (Wildman–Crippen LogP) is 1.65. The van der Waals surface area contributed by atoms with Gasteiger partial charge in [0.1, 0.15) is 12.9 Å². The highest BCUT2D eigenvalue weighted by Crippen LogP contribution is 2.00. The number of nitrogens with zero attached hydrogens (tertiary/aromatic N) is 2. The molecular weight excluding hydrogens is 208 g/mol. The number of rotatable bonds is 3. The zero-order valence-corrected chi connectivity index (χ0v) is 8.45. The molecule has 82 valence electrons. The first-order valence-electron chi connectivity index (χ1n) is 4.71. The lowest BCUT2D eigenvalue weighted by molar-refractivity contribution is 0.0427. The third kappa shape index (κ3) is 2.84. The first kappa shape index (κ1) is 10.2. The number of benzene rings is 1. The standard InChI is InChI=1S/C11H10N2O3/c14-11(16-13-7-6-12-9-13)15-8-10-4-2-1-3-5-10/h1-7,9H,8H2. The molecular formula is C11H10N2O3. The van der Waals surface area contributed by atoms with Gasteiger partial charge in [0.25, 0.3) is 0 Å². The van der Waals surface area contributed by atoms with Gasteiger partial charge in [-0.1, -0.05) is 30.3 Å². The SMILES string of the molecule is O=C(OCc1ccccc1)On1ccnc1. The topological polar surface area (TPSA) is 53.4 Å². The number of carbonyl (C=O) groups excluding carboxylic acids is 1. The fraction of sp³-hybridized carbons (Fsp3) is 0.0909. The van der Waals surface area contributed by atoms with Crippen molar-refractivity contribution in [2.45, 2.75) is 6.61 Å². The lowest BCUT2D eigenvalue weighted by atomic mass is 10.2. The molecule has 2 aromatic rings. The molecule has 0 bridgehead atoms. The molecule has 0 radical (unpaired) electrons. The van der Waals surface area contributed by atoms with E-state index in [1.807, 2.05) is 30.3 Å². The zero-order chi connectivity index (χ0) is 11.2. The maximum Gasteiger partial charge on any atom is 0.534 e. The van der Waals surface area contributed by atoms with Gasteiger partial charge in [0.05, 0.1) is 6.20 Å². The molecule has 2 rings (SSSR count). The van der Waals surface area contributed by atoms with Crippen molar-refractivity contribution < 1.29 is 14.4 Å². The van der Waals surface area contributed by atoms with E-state index in [4.69, 9.17) is 9.57 Å². The van der Waals surface area contributed by atoms with Crippen LogP contribution < -0.4 is 4.84 Å². The Bertz CT molecular complexity index is 440. The summed E-state index contributed by atoms with van der Waals surface area (Å²) in [6.45, 7) is 0.189. The summed E-state index contributed by atoms with van der Waals surface area (Å²) in [7, 11) is 0. The van der Waals surface area contributed by atoms with Gasteiger partial charge in [0, 0.05) is 6.20 Å². The second-order valence-electron chi connectivity index (χ2n) is 3.04. The monoisotopic (exact) mass is 218 g/mol. The molecule has 0 amide bonds. The van der Waals surface area contributed by atoms with Crippen LogP contribution in [-0.4, -0.2) is 15.9 Å². The fourth-order valence-electron chi connectivity index (χ4n) is 1.13. The minimum absolute atomic E-state index is 0.189. The Kier molecular flexibility index (Phi) is 3.18. The highest BCUT2D eigenvalue weighted by Gasteiger charge is 2.05. The lowest BCUT2D eigenvalue weighted by Crippen LogP contribution is -2.19. The molecule has 0 aliphatic carbocycles. The van der Waals surface area contributed by atoms with Crippen LogP contribution in [0.3, 0.4) is 0 Å². The number of ether oxygens (including phenoxy) is 1. The molecule has 0 aliphatic rings. The van der Waals surface area contributed by atoms with E-state index in [0.717, 1.165) is 5.56 Å². The maximum atomic E-state index is 11.2. The van der Waals surface area contributed by atoms with Crippen LogP contribution in [0.2, 0.25) is 0 Å². The second-order valence-corrected chi connectivity index (χ2v) is 3.04. The zero-order valence-electron chi connectivity index (χ0n) is 8.45. The van der Waals surface area contributed by atoms with Crippen LogP contribution in [0.5, 0.6) is 0 Å². The minimum atomic E-state index is -0.762. The Morgan fingerprint density at radius 3 is 2.81 bits per heavy atom. The summed E-state index contributed by atoms with van der Waals surface area (Å²) in [4.78, 5) is 19.7. The van der Waals surface area contributed by atoms with E-state index < -0.39 is 6.16 Å². The maximum absolute atomic E-state index is 11.2. The summed E-state index contributed by atoms with van der Waals surface area (Å²) in [5.74, 6) is 0. The number of hydrogen-bond acceptors (Lipinski definition) is 4. The first-order valence-corrected chi connectivity index (χ1v) is 4.71. The fourth-order valence-corrected chi connectivity index (χ4v) is 1.13. The average molecular weight is 218 g/mol. The van der Waals surface area contributed by atoms with Gasteiger partial charge in [0.2, 0.25) is 0 Å². The molecule has 16 heavy (non-hydrogen) atoms. The molecule has 0 spiro atoms. The summed E-state index contributed by atoms with van der Waals surface area (Å²) >= 11 is 0. The summed E-state index contributed by atoms with van der Waals surface area (Å²) in [5.41, 5.74) is 0.907. The van der Waals surface area contributed by atoms with E-state index in [2.05, 4.69) is 4.98 Å². The normalized spacial score (nSPS) is 9.75. The summed E-state index contributed by atoms with van der Waals surface area (Å²) < 4.78 is 6.07. The molecule has 0 N–H and O–H groups in total. The molecule has 0 fully saturated rings. The van der Waals surface area contributed by atoms with Crippen LogP contribution in [0, 0.1) is 0 Å². The van der Waals surface area contributed by atoms with E-state index in [-0.39, 0.29) is 6.61 Å². The second kappa shape index (κ2) is 4.97. The van der Waals surface area contributed by atoms with E-state index >= 15 is 0 Å². The van der Waals surface area contributed by atoms with Gasteiger partial charge < -0.3 is 9.57 Å². The molecule has 1 aromatic heterocycles. The van der Waals surface area contributed by atoms with Crippen molar-refractivity contribution >= 4 is 6.16 Å². The number of carbonyl (C=O) groups is 1. The van der Waals surface area contributed by atoms with Gasteiger partial charge in [-0.3, -0.25) is 0 Å². The van der Waals surface area contributed by atoms with Gasteiger partial charge in [-0.25, -0.2) is 9.78 Å². The molecule has 5 heteroatoms. The van der Waals surface area contributed by atoms with E-state index in [0.29, 0.717) is 0 Å². The third-order valence-corrected chi connectivity index (χ3v) is 1.86. The molecule has 1 heterocycles. The quantitative estimate of drug-likeness (QED) is 0.735. The third-order valence-electron chi connectivity index (χ3n) is 1.86. The van der Waals surface area contributed by atoms with Gasteiger partial charge in [0.15, 0.2) is 0 Å². The lowest BCUT2D eigenvalue weighted by Gasteiger charge is -2.04. The van der Waals surface area contributed by atoms with Crippen molar-refractivity contribution in [3.63, 3.8) is 0 Å². The molecule has 0 atom stereocenters. The van der Waals surface area contributed by atoms with Crippen molar-refractivity contribution in [3.05, 3.63) is 54.6 Å². The van der Waals surface area contributed by atoms with E-state index in [1.54, 1.807) is 0 Å². The average Bonchev–Trinajstić information content (AvgIpc) is 2.81. The Labute approximate surface area is 92.2 Å².